The van der Waals surface area contributed by atoms with E-state index in [0.29, 0.717) is 31.7 Å². The summed E-state index contributed by atoms with van der Waals surface area (Å²) in [4.78, 5) is 11.6. The van der Waals surface area contributed by atoms with Crippen molar-refractivity contribution in [2.75, 3.05) is 6.54 Å². The normalized spacial score (nSPS) is 14.5. The number of rotatable bonds is 6. The molecule has 100 valence electrons. The molecule has 0 spiro atoms. The van der Waals surface area contributed by atoms with Crippen molar-refractivity contribution in [3.8, 4) is 0 Å². The van der Waals surface area contributed by atoms with Crippen LogP contribution < -0.4 is 11.1 Å². The summed E-state index contributed by atoms with van der Waals surface area (Å²) in [6, 6.07) is 0. The second-order valence-electron chi connectivity index (χ2n) is 5.52. The summed E-state index contributed by atoms with van der Waals surface area (Å²) in [6.07, 6.45) is 1.71. The van der Waals surface area contributed by atoms with Crippen LogP contribution in [0.5, 0.6) is 0 Å². The Morgan fingerprint density at radius 3 is 2.53 bits per heavy atom. The monoisotopic (exact) mass is 243 g/mol. The van der Waals surface area contributed by atoms with Crippen molar-refractivity contribution in [3.05, 3.63) is 0 Å². The fraction of sp³-hybridized carbons (Fsp3) is 0.833. The first-order chi connectivity index (χ1) is 7.77. The van der Waals surface area contributed by atoms with E-state index in [0.717, 1.165) is 0 Å². The largest absolute Gasteiger partial charge is 0.409 e. The smallest absolute Gasteiger partial charge is 0.220 e. The van der Waals surface area contributed by atoms with Crippen molar-refractivity contribution >= 4 is 11.7 Å². The van der Waals surface area contributed by atoms with Crippen molar-refractivity contribution in [2.24, 2.45) is 22.2 Å². The lowest BCUT2D eigenvalue weighted by Crippen LogP contribution is -2.30. The highest BCUT2D eigenvalue weighted by molar-refractivity contribution is 5.79. The minimum atomic E-state index is 0.0620. The number of hydrogen-bond acceptors (Lipinski definition) is 3. The molecule has 1 unspecified atom stereocenters. The van der Waals surface area contributed by atoms with Crippen LogP contribution in [0.25, 0.3) is 0 Å². The Balaban J connectivity index is 3.74. The van der Waals surface area contributed by atoms with Gasteiger partial charge in [-0.1, -0.05) is 32.9 Å². The van der Waals surface area contributed by atoms with Crippen molar-refractivity contribution in [1.29, 1.82) is 0 Å². The van der Waals surface area contributed by atoms with Crippen LogP contribution in [0.2, 0.25) is 0 Å². The van der Waals surface area contributed by atoms with Crippen LogP contribution in [0.15, 0.2) is 5.16 Å². The fourth-order valence-electron chi connectivity index (χ4n) is 1.20. The molecule has 5 nitrogen and oxygen atoms in total. The van der Waals surface area contributed by atoms with E-state index >= 15 is 0 Å². The predicted molar refractivity (Wildman–Crippen MR) is 68.9 cm³/mol. The quantitative estimate of drug-likeness (QED) is 0.218. The van der Waals surface area contributed by atoms with Gasteiger partial charge in [0.25, 0.3) is 0 Å². The maximum Gasteiger partial charge on any atom is 0.220 e. The summed E-state index contributed by atoms with van der Waals surface area (Å²) >= 11 is 0. The molecule has 1 amide bonds. The van der Waals surface area contributed by atoms with Gasteiger partial charge in [0.15, 0.2) is 0 Å². The lowest BCUT2D eigenvalue weighted by Gasteiger charge is -2.26. The Bertz CT molecular complexity index is 269. The van der Waals surface area contributed by atoms with Gasteiger partial charge in [-0.3, -0.25) is 4.79 Å². The zero-order chi connectivity index (χ0) is 13.5. The lowest BCUT2D eigenvalue weighted by atomic mass is 9.80. The number of nitrogens with zero attached hydrogens (tertiary/aromatic N) is 1. The number of hydrogen-bond donors (Lipinski definition) is 3. The number of amides is 1. The highest BCUT2D eigenvalue weighted by Gasteiger charge is 2.22. The molecule has 0 saturated heterocycles. The van der Waals surface area contributed by atoms with Gasteiger partial charge in [-0.15, -0.1) is 0 Å². The fourth-order valence-corrected chi connectivity index (χ4v) is 1.20. The van der Waals surface area contributed by atoms with Gasteiger partial charge in [0.2, 0.25) is 5.91 Å². The standard InChI is InChI=1S/C12H25N3O2/c1-9(12(2,3)4)8-11(16)14-7-5-6-10(13)15-17/h9,17H,5-8H2,1-4H3,(H2,13,15)(H,14,16). The van der Waals surface area contributed by atoms with Crippen molar-refractivity contribution < 1.29 is 10.0 Å². The molecule has 0 aliphatic heterocycles. The van der Waals surface area contributed by atoms with Gasteiger partial charge < -0.3 is 16.3 Å². The summed E-state index contributed by atoms with van der Waals surface area (Å²) in [5.74, 6) is 0.598. The van der Waals surface area contributed by atoms with E-state index in [9.17, 15) is 4.79 Å². The van der Waals surface area contributed by atoms with Crippen LogP contribution in [-0.4, -0.2) is 23.5 Å². The van der Waals surface area contributed by atoms with Gasteiger partial charge >= 0.3 is 0 Å². The van der Waals surface area contributed by atoms with Crippen LogP contribution in [0.1, 0.15) is 47.0 Å². The third-order valence-corrected chi connectivity index (χ3v) is 3.03. The van der Waals surface area contributed by atoms with Crippen molar-refractivity contribution in [3.63, 3.8) is 0 Å². The maximum atomic E-state index is 11.6. The summed E-state index contributed by atoms with van der Waals surface area (Å²) in [7, 11) is 0. The summed E-state index contributed by atoms with van der Waals surface area (Å²) in [5.41, 5.74) is 5.46. The second-order valence-corrected chi connectivity index (χ2v) is 5.52. The topological polar surface area (TPSA) is 87.7 Å². The molecule has 0 aliphatic rings. The van der Waals surface area contributed by atoms with Gasteiger partial charge in [-0.25, -0.2) is 0 Å². The van der Waals surface area contributed by atoms with E-state index in [1.165, 1.54) is 0 Å². The van der Waals surface area contributed by atoms with E-state index < -0.39 is 0 Å². The van der Waals surface area contributed by atoms with Gasteiger partial charge in [0.1, 0.15) is 5.84 Å². The van der Waals surface area contributed by atoms with Crippen molar-refractivity contribution in [2.45, 2.75) is 47.0 Å². The van der Waals surface area contributed by atoms with Gasteiger partial charge in [-0.05, 0) is 17.8 Å². The lowest BCUT2D eigenvalue weighted by molar-refractivity contribution is -0.122. The SMILES string of the molecule is CC(CC(=O)NCCC/C(N)=N/O)C(C)(C)C. The van der Waals surface area contributed by atoms with Gasteiger partial charge in [0.05, 0.1) is 0 Å². The molecule has 0 aliphatic carbocycles. The van der Waals surface area contributed by atoms with E-state index in [2.05, 4.69) is 38.2 Å². The van der Waals surface area contributed by atoms with Gasteiger partial charge in [0, 0.05) is 19.4 Å². The van der Waals surface area contributed by atoms with Crippen LogP contribution in [0, 0.1) is 11.3 Å². The molecule has 0 fully saturated rings. The molecule has 0 aromatic heterocycles. The molecule has 17 heavy (non-hydrogen) atoms. The maximum absolute atomic E-state index is 11.6. The van der Waals surface area contributed by atoms with E-state index in [1.807, 2.05) is 0 Å². The van der Waals surface area contributed by atoms with Gasteiger partial charge in [-0.2, -0.15) is 0 Å². The number of oxime groups is 1. The molecule has 0 bridgehead atoms. The molecule has 0 radical (unpaired) electrons. The van der Waals surface area contributed by atoms with E-state index in [1.54, 1.807) is 0 Å². The van der Waals surface area contributed by atoms with E-state index in [-0.39, 0.29) is 17.2 Å². The first-order valence-corrected chi connectivity index (χ1v) is 6.00. The molecule has 5 heteroatoms. The molecule has 0 heterocycles. The first kappa shape index (κ1) is 15.7. The first-order valence-electron chi connectivity index (χ1n) is 6.00. The molecule has 0 aromatic carbocycles. The van der Waals surface area contributed by atoms with Crippen LogP contribution in [0.4, 0.5) is 0 Å². The van der Waals surface area contributed by atoms with Crippen molar-refractivity contribution in [1.82, 2.24) is 5.32 Å². The molecule has 0 saturated carbocycles. The summed E-state index contributed by atoms with van der Waals surface area (Å²) in [5, 5.41) is 14.0. The third kappa shape index (κ3) is 7.60. The zero-order valence-electron chi connectivity index (χ0n) is 11.3. The summed E-state index contributed by atoms with van der Waals surface area (Å²) < 4.78 is 0. The number of amidine groups is 1. The molecule has 0 aromatic rings. The minimum absolute atomic E-state index is 0.0620. The number of nitrogens with one attached hydrogen (secondary N) is 1. The third-order valence-electron chi connectivity index (χ3n) is 3.03. The van der Waals surface area contributed by atoms with Crippen LogP contribution in [-0.2, 0) is 4.79 Å². The average Bonchev–Trinajstić information content (AvgIpc) is 2.22. The van der Waals surface area contributed by atoms with Crippen LogP contribution >= 0.6 is 0 Å². The predicted octanol–water partition coefficient (Wildman–Crippen LogP) is 1.70. The Morgan fingerprint density at radius 2 is 2.06 bits per heavy atom. The molecular weight excluding hydrogens is 218 g/mol. The molecule has 0 rings (SSSR count). The summed E-state index contributed by atoms with van der Waals surface area (Å²) in [6.45, 7) is 9.03. The molecular formula is C12H25N3O2. The average molecular weight is 243 g/mol. The Kier molecular flexibility index (Phi) is 6.61. The minimum Gasteiger partial charge on any atom is -0.409 e. The highest BCUT2D eigenvalue weighted by Crippen LogP contribution is 2.27. The van der Waals surface area contributed by atoms with Crippen LogP contribution in [0.3, 0.4) is 0 Å². The molecule has 4 N–H and O–H groups in total. The number of carbonyl (C=O) groups is 1. The Hall–Kier alpha value is -1.26. The highest BCUT2D eigenvalue weighted by atomic mass is 16.4. The number of carbonyl (C=O) groups excluding carboxylic acids is 1. The zero-order valence-corrected chi connectivity index (χ0v) is 11.3. The Morgan fingerprint density at radius 1 is 1.47 bits per heavy atom. The molecule has 1 atom stereocenters. The number of nitrogens with two attached hydrogens (primary N) is 1. The Labute approximate surface area is 103 Å². The van der Waals surface area contributed by atoms with E-state index in [4.69, 9.17) is 10.9 Å². The second kappa shape index (κ2) is 7.14.